The molecule has 0 saturated carbocycles. The molecule has 0 nitrogen and oxygen atoms in total. The average molecular weight is 255 g/mol. The van der Waals surface area contributed by atoms with Crippen molar-refractivity contribution in [3.05, 3.63) is 58.6 Å². The van der Waals surface area contributed by atoms with Crippen LogP contribution >= 0.6 is 31.8 Å². The van der Waals surface area contributed by atoms with Gasteiger partial charge in [0.25, 0.3) is 0 Å². The largest absolute Gasteiger partial charge is 0.0827 e. The molecule has 76 valence electrons. The highest BCUT2D eigenvalue weighted by Gasteiger charge is 2.04. The van der Waals surface area contributed by atoms with Crippen LogP contribution in [-0.2, 0) is 0 Å². The molecule has 3 heteroatoms. The maximum Gasteiger partial charge on any atom is 0.0669 e. The van der Waals surface area contributed by atoms with Gasteiger partial charge in [0.2, 0.25) is 0 Å². The van der Waals surface area contributed by atoms with Crippen LogP contribution in [0.4, 0.5) is 0 Å². The highest BCUT2D eigenvalue weighted by Crippen LogP contribution is 2.24. The second-order valence-corrected chi connectivity index (χ2v) is 5.24. The van der Waals surface area contributed by atoms with E-state index in [1.54, 1.807) is 0 Å². The average Bonchev–Trinajstić information content (AvgIpc) is 2.26. The Morgan fingerprint density at radius 2 is 1.53 bits per heavy atom. The summed E-state index contributed by atoms with van der Waals surface area (Å²) in [6, 6.07) is 16.0. The van der Waals surface area contributed by atoms with Crippen molar-refractivity contribution in [3.63, 3.8) is 0 Å². The van der Waals surface area contributed by atoms with Gasteiger partial charge in [-0.1, -0.05) is 74.2 Å². The van der Waals surface area contributed by atoms with E-state index in [9.17, 15) is 0 Å². The smallest absolute Gasteiger partial charge is 0.0669 e. The molecule has 1 atom stereocenters. The molecule has 0 fully saturated rings. The lowest BCUT2D eigenvalue weighted by molar-refractivity contribution is 1.75. The van der Waals surface area contributed by atoms with E-state index in [1.807, 2.05) is 36.4 Å². The lowest BCUT2D eigenvalue weighted by atomic mass is 10.4. The van der Waals surface area contributed by atoms with E-state index in [2.05, 4.69) is 12.1 Å². The van der Waals surface area contributed by atoms with Crippen LogP contribution in [0.25, 0.3) is 0 Å². The first kappa shape index (κ1) is 11.0. The summed E-state index contributed by atoms with van der Waals surface area (Å²) < 4.78 is 0. The first-order valence-corrected chi connectivity index (χ1v) is 6.29. The van der Waals surface area contributed by atoms with Crippen LogP contribution in [0.15, 0.2) is 48.5 Å². The molecule has 0 amide bonds. The van der Waals surface area contributed by atoms with Crippen molar-refractivity contribution < 1.29 is 0 Å². The molecule has 0 radical (unpaired) electrons. The fourth-order valence-electron chi connectivity index (χ4n) is 1.28. The monoisotopic (exact) mass is 254 g/mol. The van der Waals surface area contributed by atoms with E-state index >= 15 is 0 Å². The van der Waals surface area contributed by atoms with E-state index in [4.69, 9.17) is 23.2 Å². The Kier molecular flexibility index (Phi) is 3.64. The maximum atomic E-state index is 6.12. The Bertz CT molecular complexity index is 454. The molecule has 0 bridgehead atoms. The third-order valence-electron chi connectivity index (χ3n) is 2.00. The van der Waals surface area contributed by atoms with Gasteiger partial charge in [-0.05, 0) is 16.7 Å². The zero-order chi connectivity index (χ0) is 10.7. The molecule has 2 aromatic rings. The van der Waals surface area contributed by atoms with Crippen LogP contribution in [0.5, 0.6) is 0 Å². The Morgan fingerprint density at radius 1 is 0.800 bits per heavy atom. The van der Waals surface area contributed by atoms with Gasteiger partial charge in [0.15, 0.2) is 0 Å². The lowest BCUT2D eigenvalue weighted by Gasteiger charge is -2.05. The van der Waals surface area contributed by atoms with Gasteiger partial charge in [0.05, 0.1) is 10.0 Å². The van der Waals surface area contributed by atoms with E-state index in [0.29, 0.717) is 18.6 Å². The highest BCUT2D eigenvalue weighted by molar-refractivity contribution is 7.55. The number of benzene rings is 2. The molecular formula is C12H9Cl2P. The molecule has 0 aliphatic carbocycles. The fourth-order valence-corrected chi connectivity index (χ4v) is 2.89. The quantitative estimate of drug-likeness (QED) is 0.719. The summed E-state index contributed by atoms with van der Waals surface area (Å²) in [6.45, 7) is 0. The fraction of sp³-hybridized carbons (Fsp3) is 0. The third-order valence-corrected chi connectivity index (χ3v) is 4.29. The molecule has 0 spiro atoms. The Balaban J connectivity index is 2.29. The van der Waals surface area contributed by atoms with Gasteiger partial charge in [-0.3, -0.25) is 0 Å². The summed E-state index contributed by atoms with van der Waals surface area (Å²) in [5.74, 6) is 0. The molecule has 0 heterocycles. The molecule has 1 unspecified atom stereocenters. The number of rotatable bonds is 2. The molecule has 15 heavy (non-hydrogen) atoms. The summed E-state index contributed by atoms with van der Waals surface area (Å²) in [5, 5.41) is 3.65. The summed E-state index contributed by atoms with van der Waals surface area (Å²) in [6.07, 6.45) is 0. The van der Waals surface area contributed by atoms with Gasteiger partial charge in [-0.15, -0.1) is 0 Å². The van der Waals surface area contributed by atoms with Crippen molar-refractivity contribution in [2.75, 3.05) is 0 Å². The van der Waals surface area contributed by atoms with Crippen LogP contribution in [0.1, 0.15) is 0 Å². The molecule has 0 saturated heterocycles. The number of halogens is 2. The zero-order valence-corrected chi connectivity index (χ0v) is 10.4. The van der Waals surface area contributed by atoms with Crippen molar-refractivity contribution in [2.45, 2.75) is 0 Å². The van der Waals surface area contributed by atoms with Crippen LogP contribution in [0.3, 0.4) is 0 Å². The summed E-state index contributed by atoms with van der Waals surface area (Å²) in [5.41, 5.74) is 0. The van der Waals surface area contributed by atoms with Gasteiger partial charge in [-0.25, -0.2) is 0 Å². The molecule has 0 N–H and O–H groups in total. The lowest BCUT2D eigenvalue weighted by Crippen LogP contribution is -2.04. The first-order valence-electron chi connectivity index (χ1n) is 4.53. The summed E-state index contributed by atoms with van der Waals surface area (Å²) >= 11 is 12.1. The maximum absolute atomic E-state index is 6.12. The number of hydrogen-bond acceptors (Lipinski definition) is 0. The minimum Gasteiger partial charge on any atom is -0.0827 e. The van der Waals surface area contributed by atoms with Crippen molar-refractivity contribution in [2.24, 2.45) is 0 Å². The van der Waals surface area contributed by atoms with Crippen LogP contribution in [0, 0.1) is 0 Å². The summed E-state index contributed by atoms with van der Waals surface area (Å²) in [4.78, 5) is 0. The van der Waals surface area contributed by atoms with Crippen molar-refractivity contribution in [3.8, 4) is 0 Å². The SMILES string of the molecule is Clc1cccc(Pc2ccccc2)c1Cl. The predicted octanol–water partition coefficient (Wildman–Crippen LogP) is 3.62. The van der Waals surface area contributed by atoms with E-state index in [-0.39, 0.29) is 0 Å². The molecule has 0 aliphatic rings. The van der Waals surface area contributed by atoms with Gasteiger partial charge >= 0.3 is 0 Å². The van der Waals surface area contributed by atoms with E-state index in [1.165, 1.54) is 5.30 Å². The minimum atomic E-state index is 0.556. The Morgan fingerprint density at radius 3 is 2.27 bits per heavy atom. The second kappa shape index (κ2) is 4.99. The van der Waals surface area contributed by atoms with E-state index < -0.39 is 0 Å². The molecule has 0 aliphatic heterocycles. The third kappa shape index (κ3) is 2.72. The predicted molar refractivity (Wildman–Crippen MR) is 70.5 cm³/mol. The van der Waals surface area contributed by atoms with Gasteiger partial charge in [0, 0.05) is 0 Å². The second-order valence-electron chi connectivity index (χ2n) is 3.09. The summed E-state index contributed by atoms with van der Waals surface area (Å²) in [7, 11) is 0.556. The van der Waals surface area contributed by atoms with Crippen LogP contribution in [0.2, 0.25) is 10.0 Å². The highest BCUT2D eigenvalue weighted by atomic mass is 35.5. The van der Waals surface area contributed by atoms with E-state index in [0.717, 1.165) is 5.30 Å². The topological polar surface area (TPSA) is 0 Å². The Labute approximate surface area is 101 Å². The zero-order valence-electron chi connectivity index (χ0n) is 7.87. The molecular weight excluding hydrogens is 246 g/mol. The Hall–Kier alpha value is -0.550. The van der Waals surface area contributed by atoms with Crippen molar-refractivity contribution in [1.82, 2.24) is 0 Å². The van der Waals surface area contributed by atoms with Gasteiger partial charge < -0.3 is 0 Å². The first-order chi connectivity index (χ1) is 7.27. The van der Waals surface area contributed by atoms with Crippen molar-refractivity contribution >= 4 is 42.4 Å². The normalized spacial score (nSPS) is 11.1. The molecule has 2 rings (SSSR count). The molecule has 2 aromatic carbocycles. The van der Waals surface area contributed by atoms with Gasteiger partial charge in [0.1, 0.15) is 0 Å². The van der Waals surface area contributed by atoms with Crippen LogP contribution in [-0.4, -0.2) is 0 Å². The molecule has 0 aromatic heterocycles. The minimum absolute atomic E-state index is 0.556. The van der Waals surface area contributed by atoms with Crippen molar-refractivity contribution in [1.29, 1.82) is 0 Å². The standard InChI is InChI=1S/C12H9Cl2P/c13-10-7-4-8-11(12(10)14)15-9-5-2-1-3-6-9/h1-8,15H. The van der Waals surface area contributed by atoms with Gasteiger partial charge in [-0.2, -0.15) is 0 Å². The number of hydrogen-bond donors (Lipinski definition) is 0. The van der Waals surface area contributed by atoms with Crippen LogP contribution < -0.4 is 10.6 Å².